The van der Waals surface area contributed by atoms with Gasteiger partial charge in [-0.25, -0.2) is 0 Å². The first kappa shape index (κ1) is 13.4. The van der Waals surface area contributed by atoms with Gasteiger partial charge in [-0.15, -0.1) is 0 Å². The first-order chi connectivity index (χ1) is 10.5. The molecule has 4 rings (SSSR count). The largest absolute Gasteiger partial charge is 0.496 e. The highest BCUT2D eigenvalue weighted by Crippen LogP contribution is 2.59. The van der Waals surface area contributed by atoms with Crippen molar-refractivity contribution in [1.82, 2.24) is 4.57 Å². The molecule has 1 aromatic carbocycles. The van der Waals surface area contributed by atoms with E-state index >= 15 is 0 Å². The minimum atomic E-state index is 0.0530. The van der Waals surface area contributed by atoms with Crippen LogP contribution in [-0.2, 0) is 0 Å². The Bertz CT molecular complexity index is 876. The molecule has 2 aromatic rings. The van der Waals surface area contributed by atoms with Gasteiger partial charge in [0.05, 0.1) is 12.8 Å². The molecule has 0 radical (unpaired) electrons. The van der Waals surface area contributed by atoms with Gasteiger partial charge in [0.1, 0.15) is 5.75 Å². The number of fused-ring (bicyclic) bond motifs is 6. The average molecular weight is 293 g/mol. The van der Waals surface area contributed by atoms with Gasteiger partial charge in [0.15, 0.2) is 5.43 Å². The summed E-state index contributed by atoms with van der Waals surface area (Å²) in [7, 11) is 1.71. The number of aryl methyl sites for hydroxylation is 1. The Morgan fingerprint density at radius 1 is 1.36 bits per heavy atom. The molecule has 22 heavy (non-hydrogen) atoms. The fourth-order valence-electron chi connectivity index (χ4n) is 3.64. The van der Waals surface area contributed by atoms with E-state index < -0.39 is 0 Å². The molecule has 0 amide bonds. The first-order valence-corrected chi connectivity index (χ1v) is 7.62. The third kappa shape index (κ3) is 1.71. The van der Waals surface area contributed by atoms with E-state index in [4.69, 9.17) is 4.74 Å². The number of allylic oxidation sites excluding steroid dienone is 1. The molecule has 1 aliphatic carbocycles. The smallest absolute Gasteiger partial charge is 0.189 e. The zero-order valence-electron chi connectivity index (χ0n) is 13.1. The number of pyridine rings is 1. The number of aromatic nitrogens is 1. The number of rotatable bonds is 2. The monoisotopic (exact) mass is 293 g/mol. The van der Waals surface area contributed by atoms with Crippen molar-refractivity contribution in [3.63, 3.8) is 0 Å². The molecule has 1 saturated carbocycles. The molecular weight excluding hydrogens is 274 g/mol. The zero-order chi connectivity index (χ0) is 15.6. The van der Waals surface area contributed by atoms with Crippen LogP contribution in [0.5, 0.6) is 5.75 Å². The molecule has 112 valence electrons. The maximum atomic E-state index is 12.4. The van der Waals surface area contributed by atoms with Crippen LogP contribution >= 0.6 is 0 Å². The van der Waals surface area contributed by atoms with Gasteiger partial charge < -0.3 is 9.30 Å². The molecule has 0 N–H and O–H groups in total. The van der Waals surface area contributed by atoms with Crippen LogP contribution in [0.4, 0.5) is 0 Å². The van der Waals surface area contributed by atoms with E-state index in [9.17, 15) is 4.79 Å². The second-order valence-electron chi connectivity index (χ2n) is 6.44. The first-order valence-electron chi connectivity index (χ1n) is 7.62. The van der Waals surface area contributed by atoms with Crippen molar-refractivity contribution in [3.8, 4) is 17.0 Å². The zero-order valence-corrected chi connectivity index (χ0v) is 13.1. The minimum Gasteiger partial charge on any atom is -0.496 e. The summed E-state index contributed by atoms with van der Waals surface area (Å²) >= 11 is 0. The molecule has 3 nitrogen and oxygen atoms in total. The Morgan fingerprint density at radius 2 is 2.14 bits per heavy atom. The number of hydrogen-bond donors (Lipinski definition) is 0. The quantitative estimate of drug-likeness (QED) is 0.840. The average Bonchev–Trinajstić information content (AvgIpc) is 3.26. The van der Waals surface area contributed by atoms with Crippen molar-refractivity contribution in [1.29, 1.82) is 0 Å². The molecule has 1 fully saturated rings. The molecule has 0 saturated heterocycles. The van der Waals surface area contributed by atoms with Crippen molar-refractivity contribution < 1.29 is 4.74 Å². The lowest BCUT2D eigenvalue weighted by Crippen LogP contribution is -2.16. The molecule has 1 aliphatic heterocycles. The molecule has 0 spiro atoms. The third-order valence-corrected chi connectivity index (χ3v) is 4.90. The van der Waals surface area contributed by atoms with Gasteiger partial charge in [-0.3, -0.25) is 4.79 Å². The molecule has 1 aromatic heterocycles. The summed E-state index contributed by atoms with van der Waals surface area (Å²) in [5, 5.41) is 0. The molecule has 2 aliphatic rings. The van der Waals surface area contributed by atoms with Gasteiger partial charge in [0.25, 0.3) is 0 Å². The highest BCUT2D eigenvalue weighted by Gasteiger charge is 2.45. The molecule has 2 heterocycles. The van der Waals surface area contributed by atoms with Crippen LogP contribution in [0.1, 0.15) is 42.0 Å². The fraction of sp³-hybridized carbons (Fsp3) is 0.316. The van der Waals surface area contributed by atoms with E-state index in [0.29, 0.717) is 12.0 Å². The standard InChI is InChI=1S/C19H19NO2/c1-10(2)15-9-20-16-6-14(16)12-7-19(22-4)11(3)5-13(12)17(20)8-18(15)21/h5,7-9,14,16H,1,6H2,2-4H3. The van der Waals surface area contributed by atoms with E-state index in [1.54, 1.807) is 13.2 Å². The predicted molar refractivity (Wildman–Crippen MR) is 88.5 cm³/mol. The van der Waals surface area contributed by atoms with Crippen molar-refractivity contribution >= 4 is 5.57 Å². The Labute approximate surface area is 129 Å². The lowest BCUT2D eigenvalue weighted by atomic mass is 9.93. The lowest BCUT2D eigenvalue weighted by Gasteiger charge is -2.24. The molecule has 2 atom stereocenters. The summed E-state index contributed by atoms with van der Waals surface area (Å²) in [5.41, 5.74) is 6.21. The molecular formula is C19H19NO2. The molecule has 3 heteroatoms. The van der Waals surface area contributed by atoms with E-state index in [0.717, 1.165) is 34.6 Å². The maximum Gasteiger partial charge on any atom is 0.189 e. The van der Waals surface area contributed by atoms with Gasteiger partial charge in [0.2, 0.25) is 0 Å². The van der Waals surface area contributed by atoms with Gasteiger partial charge >= 0.3 is 0 Å². The van der Waals surface area contributed by atoms with Gasteiger partial charge in [-0.1, -0.05) is 6.58 Å². The van der Waals surface area contributed by atoms with Crippen LogP contribution in [0, 0.1) is 6.92 Å². The van der Waals surface area contributed by atoms with Crippen LogP contribution in [0.25, 0.3) is 16.8 Å². The van der Waals surface area contributed by atoms with Gasteiger partial charge in [0, 0.05) is 35.3 Å². The van der Waals surface area contributed by atoms with Crippen LogP contribution in [-0.4, -0.2) is 11.7 Å². The van der Waals surface area contributed by atoms with Gasteiger partial charge in [-0.05, 0) is 49.1 Å². The van der Waals surface area contributed by atoms with E-state index in [-0.39, 0.29) is 5.43 Å². The Morgan fingerprint density at radius 3 is 2.82 bits per heavy atom. The van der Waals surface area contributed by atoms with Crippen molar-refractivity contribution in [2.24, 2.45) is 0 Å². The summed E-state index contributed by atoms with van der Waals surface area (Å²) in [6, 6.07) is 6.53. The Kier molecular flexibility index (Phi) is 2.65. The third-order valence-electron chi connectivity index (χ3n) is 4.90. The van der Waals surface area contributed by atoms with Crippen LogP contribution in [0.3, 0.4) is 0 Å². The predicted octanol–water partition coefficient (Wildman–Crippen LogP) is 3.91. The highest BCUT2D eigenvalue weighted by molar-refractivity contribution is 5.73. The van der Waals surface area contributed by atoms with Crippen LogP contribution in [0.2, 0.25) is 0 Å². The van der Waals surface area contributed by atoms with Crippen molar-refractivity contribution in [3.05, 3.63) is 57.9 Å². The summed E-state index contributed by atoms with van der Waals surface area (Å²) in [6.07, 6.45) is 3.12. The summed E-state index contributed by atoms with van der Waals surface area (Å²) in [5.74, 6) is 1.47. The summed E-state index contributed by atoms with van der Waals surface area (Å²) < 4.78 is 7.73. The number of methoxy groups -OCH3 is 1. The Balaban J connectivity index is 2.00. The van der Waals surface area contributed by atoms with Crippen LogP contribution < -0.4 is 10.2 Å². The minimum absolute atomic E-state index is 0.0530. The maximum absolute atomic E-state index is 12.4. The van der Waals surface area contributed by atoms with E-state index in [2.05, 4.69) is 23.3 Å². The SMILES string of the molecule is C=C(C)c1cn2c(cc1=O)-c1cc(C)c(OC)cc1C1CC12. The topological polar surface area (TPSA) is 31.2 Å². The normalized spacial score (nSPS) is 20.7. The van der Waals surface area contributed by atoms with Crippen molar-refractivity contribution in [2.45, 2.75) is 32.2 Å². The molecule has 0 bridgehead atoms. The van der Waals surface area contributed by atoms with Crippen molar-refractivity contribution in [2.75, 3.05) is 7.11 Å². The van der Waals surface area contributed by atoms with Gasteiger partial charge in [-0.2, -0.15) is 0 Å². The number of nitrogens with zero attached hydrogens (tertiary/aromatic N) is 1. The number of benzene rings is 1. The number of hydrogen-bond acceptors (Lipinski definition) is 2. The Hall–Kier alpha value is -2.29. The van der Waals surface area contributed by atoms with Crippen LogP contribution in [0.15, 0.2) is 35.8 Å². The molecule has 2 unspecified atom stereocenters. The fourth-order valence-corrected chi connectivity index (χ4v) is 3.64. The lowest BCUT2D eigenvalue weighted by molar-refractivity contribution is 0.411. The second kappa shape index (κ2) is 4.35. The second-order valence-corrected chi connectivity index (χ2v) is 6.44. The van der Waals surface area contributed by atoms with E-state index in [1.807, 2.05) is 20.0 Å². The van der Waals surface area contributed by atoms with E-state index in [1.165, 1.54) is 11.1 Å². The summed E-state index contributed by atoms with van der Waals surface area (Å²) in [4.78, 5) is 12.4. The highest BCUT2D eigenvalue weighted by atomic mass is 16.5. The number of ether oxygens (including phenoxy) is 1. The summed E-state index contributed by atoms with van der Waals surface area (Å²) in [6.45, 7) is 7.86.